The number of carbonyl (C=O) groups excluding carboxylic acids is 3. The Morgan fingerprint density at radius 1 is 1.22 bits per heavy atom. The number of carbonyl (C=O) groups is 3. The maximum Gasteiger partial charge on any atom is 0.308 e. The van der Waals surface area contributed by atoms with Gasteiger partial charge in [0, 0.05) is 5.56 Å². The molecule has 1 aliphatic heterocycles. The minimum atomic E-state index is -0.176. The number of Topliss-reactive ketones (excluding diaryl/α,β-unsaturated/α-hetero) is 1. The number of amides is 1. The predicted molar refractivity (Wildman–Crippen MR) is 86.3 cm³/mol. The van der Waals surface area contributed by atoms with Crippen molar-refractivity contribution in [3.05, 3.63) is 29.8 Å². The lowest BCUT2D eigenvalue weighted by atomic mass is 9.97. The normalized spacial score (nSPS) is 15.9. The summed E-state index contributed by atoms with van der Waals surface area (Å²) in [5, 5.41) is 2.79. The van der Waals surface area contributed by atoms with Crippen molar-refractivity contribution in [2.75, 3.05) is 32.1 Å². The molecule has 0 aliphatic carbocycles. The van der Waals surface area contributed by atoms with E-state index in [1.807, 2.05) is 4.90 Å². The smallest absolute Gasteiger partial charge is 0.308 e. The number of nitrogens with zero attached hydrogens (tertiary/aromatic N) is 1. The summed E-state index contributed by atoms with van der Waals surface area (Å²) in [5.41, 5.74) is 1.04. The van der Waals surface area contributed by atoms with E-state index in [1.165, 1.54) is 14.0 Å². The highest BCUT2D eigenvalue weighted by atomic mass is 16.5. The number of hydrogen-bond donors (Lipinski definition) is 1. The maximum absolute atomic E-state index is 12.2. The number of ketones is 1. The fourth-order valence-corrected chi connectivity index (χ4v) is 2.79. The molecule has 124 valence electrons. The monoisotopic (exact) mass is 318 g/mol. The Morgan fingerprint density at radius 2 is 1.87 bits per heavy atom. The molecule has 1 aromatic rings. The van der Waals surface area contributed by atoms with Gasteiger partial charge in [-0.05, 0) is 45.0 Å². The Balaban J connectivity index is 1.87. The zero-order valence-corrected chi connectivity index (χ0v) is 13.5. The van der Waals surface area contributed by atoms with Crippen LogP contribution in [0, 0.1) is 5.92 Å². The van der Waals surface area contributed by atoms with Crippen LogP contribution < -0.4 is 5.32 Å². The third-order valence-corrected chi connectivity index (χ3v) is 4.07. The van der Waals surface area contributed by atoms with Crippen LogP contribution in [0.5, 0.6) is 0 Å². The Labute approximate surface area is 135 Å². The Hall–Kier alpha value is -2.21. The number of rotatable bonds is 5. The molecule has 1 N–H and O–H groups in total. The molecule has 1 aromatic carbocycles. The van der Waals surface area contributed by atoms with E-state index in [-0.39, 0.29) is 30.1 Å². The average molecular weight is 318 g/mol. The SMILES string of the molecule is COC(=O)C1CCN(CC(=O)Nc2ccccc2C(C)=O)CC1. The van der Waals surface area contributed by atoms with Crippen LogP contribution in [-0.2, 0) is 14.3 Å². The summed E-state index contributed by atoms with van der Waals surface area (Å²) in [6.45, 7) is 3.09. The average Bonchev–Trinajstić information content (AvgIpc) is 2.55. The van der Waals surface area contributed by atoms with Crippen LogP contribution >= 0.6 is 0 Å². The third kappa shape index (κ3) is 4.63. The number of methoxy groups -OCH3 is 1. The fourth-order valence-electron chi connectivity index (χ4n) is 2.79. The Kier molecular flexibility index (Phi) is 5.87. The van der Waals surface area contributed by atoms with E-state index in [9.17, 15) is 14.4 Å². The van der Waals surface area contributed by atoms with E-state index in [4.69, 9.17) is 4.74 Å². The van der Waals surface area contributed by atoms with Gasteiger partial charge in [0.05, 0.1) is 25.3 Å². The third-order valence-electron chi connectivity index (χ3n) is 4.07. The number of benzene rings is 1. The molecule has 1 heterocycles. The molecule has 6 nitrogen and oxygen atoms in total. The van der Waals surface area contributed by atoms with E-state index in [0.29, 0.717) is 37.2 Å². The lowest BCUT2D eigenvalue weighted by Crippen LogP contribution is -2.41. The van der Waals surface area contributed by atoms with Crippen LogP contribution in [0.1, 0.15) is 30.1 Å². The number of piperidine rings is 1. The number of hydrogen-bond acceptors (Lipinski definition) is 5. The molecule has 0 saturated carbocycles. The molecule has 0 atom stereocenters. The fraction of sp³-hybridized carbons (Fsp3) is 0.471. The zero-order chi connectivity index (χ0) is 16.8. The minimum absolute atomic E-state index is 0.0715. The van der Waals surface area contributed by atoms with Gasteiger partial charge in [-0.2, -0.15) is 0 Å². The molecule has 6 heteroatoms. The topological polar surface area (TPSA) is 75.7 Å². The minimum Gasteiger partial charge on any atom is -0.469 e. The summed E-state index contributed by atoms with van der Waals surface area (Å²) in [6, 6.07) is 6.96. The van der Waals surface area contributed by atoms with Crippen molar-refractivity contribution in [3.63, 3.8) is 0 Å². The van der Waals surface area contributed by atoms with Gasteiger partial charge in [0.1, 0.15) is 0 Å². The van der Waals surface area contributed by atoms with Gasteiger partial charge in [0.25, 0.3) is 0 Å². The van der Waals surface area contributed by atoms with Crippen LogP contribution in [0.25, 0.3) is 0 Å². The van der Waals surface area contributed by atoms with Crippen molar-refractivity contribution >= 4 is 23.3 Å². The summed E-state index contributed by atoms with van der Waals surface area (Å²) >= 11 is 0. The first kappa shape index (κ1) is 17.1. The lowest BCUT2D eigenvalue weighted by Gasteiger charge is -2.30. The van der Waals surface area contributed by atoms with Crippen LogP contribution in [0.15, 0.2) is 24.3 Å². The van der Waals surface area contributed by atoms with E-state index >= 15 is 0 Å². The first-order valence-electron chi connectivity index (χ1n) is 7.71. The molecule has 0 bridgehead atoms. The van der Waals surface area contributed by atoms with Crippen molar-refractivity contribution in [3.8, 4) is 0 Å². The quantitative estimate of drug-likeness (QED) is 0.661. The van der Waals surface area contributed by atoms with Gasteiger partial charge in [0.15, 0.2) is 5.78 Å². The number of likely N-dealkylation sites (tertiary alicyclic amines) is 1. The van der Waals surface area contributed by atoms with Gasteiger partial charge in [-0.25, -0.2) is 0 Å². The molecule has 0 radical (unpaired) electrons. The summed E-state index contributed by atoms with van der Waals surface area (Å²) in [6.07, 6.45) is 1.40. The van der Waals surface area contributed by atoms with Gasteiger partial charge < -0.3 is 10.1 Å². The van der Waals surface area contributed by atoms with Gasteiger partial charge in [-0.3, -0.25) is 19.3 Å². The molecule has 0 spiro atoms. The second kappa shape index (κ2) is 7.87. The summed E-state index contributed by atoms with van der Waals surface area (Å²) in [7, 11) is 1.40. The molecule has 2 rings (SSSR count). The van der Waals surface area contributed by atoms with E-state index in [0.717, 1.165) is 0 Å². The Morgan fingerprint density at radius 3 is 2.48 bits per heavy atom. The summed E-state index contributed by atoms with van der Waals surface area (Å²) in [4.78, 5) is 37.2. The maximum atomic E-state index is 12.2. The number of para-hydroxylation sites is 1. The number of anilines is 1. The van der Waals surface area contributed by atoms with Gasteiger partial charge >= 0.3 is 5.97 Å². The molecule has 0 aromatic heterocycles. The molecular weight excluding hydrogens is 296 g/mol. The number of ether oxygens (including phenoxy) is 1. The first-order valence-corrected chi connectivity index (χ1v) is 7.71. The van der Waals surface area contributed by atoms with Crippen molar-refractivity contribution in [1.82, 2.24) is 4.90 Å². The highest BCUT2D eigenvalue weighted by Gasteiger charge is 2.26. The number of esters is 1. The molecular formula is C17H22N2O4. The molecule has 23 heavy (non-hydrogen) atoms. The molecule has 1 fully saturated rings. The summed E-state index contributed by atoms with van der Waals surface area (Å²) < 4.78 is 4.75. The highest BCUT2D eigenvalue weighted by Crippen LogP contribution is 2.19. The Bertz CT molecular complexity index is 592. The van der Waals surface area contributed by atoms with Gasteiger partial charge in [0.2, 0.25) is 5.91 Å². The van der Waals surface area contributed by atoms with Crippen LogP contribution in [0.3, 0.4) is 0 Å². The van der Waals surface area contributed by atoms with Gasteiger partial charge in [-0.1, -0.05) is 12.1 Å². The van der Waals surface area contributed by atoms with Crippen molar-refractivity contribution < 1.29 is 19.1 Å². The molecule has 1 aliphatic rings. The second-order valence-corrected chi connectivity index (χ2v) is 5.72. The summed E-state index contributed by atoms with van der Waals surface area (Å²) in [5.74, 6) is -0.489. The van der Waals surface area contributed by atoms with Crippen molar-refractivity contribution in [1.29, 1.82) is 0 Å². The van der Waals surface area contributed by atoms with Crippen molar-refractivity contribution in [2.24, 2.45) is 5.92 Å². The first-order chi connectivity index (χ1) is 11.0. The molecule has 1 saturated heterocycles. The van der Waals surface area contributed by atoms with Gasteiger partial charge in [-0.15, -0.1) is 0 Å². The van der Waals surface area contributed by atoms with E-state index in [2.05, 4.69) is 5.32 Å². The van der Waals surface area contributed by atoms with Crippen LogP contribution in [0.4, 0.5) is 5.69 Å². The standard InChI is InChI=1S/C17H22N2O4/c1-12(20)14-5-3-4-6-15(14)18-16(21)11-19-9-7-13(8-10-19)17(22)23-2/h3-6,13H,7-11H2,1-2H3,(H,18,21). The second-order valence-electron chi connectivity index (χ2n) is 5.72. The van der Waals surface area contributed by atoms with E-state index in [1.54, 1.807) is 24.3 Å². The predicted octanol–water partition coefficient (Wildman–Crippen LogP) is 1.71. The van der Waals surface area contributed by atoms with Crippen LogP contribution in [0.2, 0.25) is 0 Å². The van der Waals surface area contributed by atoms with E-state index < -0.39 is 0 Å². The van der Waals surface area contributed by atoms with Crippen molar-refractivity contribution in [2.45, 2.75) is 19.8 Å². The zero-order valence-electron chi connectivity index (χ0n) is 13.5. The lowest BCUT2D eigenvalue weighted by molar-refractivity contribution is -0.147. The largest absolute Gasteiger partial charge is 0.469 e. The molecule has 1 amide bonds. The molecule has 0 unspecified atom stereocenters. The number of nitrogens with one attached hydrogen (secondary N) is 1. The highest BCUT2D eigenvalue weighted by molar-refractivity contribution is 6.04. The van der Waals surface area contributed by atoms with Crippen LogP contribution in [-0.4, -0.2) is 49.3 Å².